The first kappa shape index (κ1) is 15.8. The maximum atomic E-state index is 11.3. The van der Waals surface area contributed by atoms with E-state index in [1.54, 1.807) is 13.8 Å². The zero-order valence-electron chi connectivity index (χ0n) is 10.1. The van der Waals surface area contributed by atoms with Crippen LogP contribution in [0, 0.1) is 5.41 Å². The Morgan fingerprint density at radius 1 is 1.53 bits per heavy atom. The maximum absolute atomic E-state index is 11.3. The molecule has 0 heterocycles. The highest BCUT2D eigenvalue weighted by molar-refractivity contribution is 7.99. The molecule has 1 amide bonds. The Balaban J connectivity index is 4.16. The molecule has 2 N–H and O–H groups in total. The average molecular weight is 263 g/mol. The van der Waals surface area contributed by atoms with Gasteiger partial charge in [0.15, 0.2) is 0 Å². The third-order valence-electron chi connectivity index (χ3n) is 2.05. The fourth-order valence-corrected chi connectivity index (χ4v) is 2.26. The summed E-state index contributed by atoms with van der Waals surface area (Å²) in [5.74, 6) is -0.820. The number of hydrogen-bond acceptors (Lipinski definition) is 5. The van der Waals surface area contributed by atoms with E-state index < -0.39 is 17.4 Å². The number of thioether (sulfide) groups is 1. The first-order valence-electron chi connectivity index (χ1n) is 4.94. The highest BCUT2D eigenvalue weighted by Crippen LogP contribution is 2.23. The number of ether oxygens (including phenoxy) is 1. The van der Waals surface area contributed by atoms with E-state index in [2.05, 4.69) is 10.1 Å². The smallest absolute Gasteiger partial charge is 0.327 e. The van der Waals surface area contributed by atoms with Crippen LogP contribution in [0.3, 0.4) is 0 Å². The molecule has 0 fully saturated rings. The van der Waals surface area contributed by atoms with Gasteiger partial charge in [-0.15, -0.1) is 0 Å². The van der Waals surface area contributed by atoms with Crippen LogP contribution in [0.2, 0.25) is 0 Å². The number of methoxy groups -OCH3 is 1. The van der Waals surface area contributed by atoms with Crippen molar-refractivity contribution in [2.75, 3.05) is 18.6 Å². The predicted octanol–water partition coefficient (Wildman–Crippen LogP) is 0.118. The van der Waals surface area contributed by atoms with E-state index in [0.29, 0.717) is 12.2 Å². The van der Waals surface area contributed by atoms with E-state index >= 15 is 0 Å². The molecule has 0 radical (unpaired) electrons. The average Bonchev–Trinajstić information content (AvgIpc) is 2.26. The summed E-state index contributed by atoms with van der Waals surface area (Å²) < 4.78 is 4.63. The number of aliphatic carboxylic acids is 1. The monoisotopic (exact) mass is 263 g/mol. The second-order valence-corrected chi connectivity index (χ2v) is 5.10. The van der Waals surface area contributed by atoms with E-state index in [9.17, 15) is 14.4 Å². The number of rotatable bonds is 8. The molecule has 0 spiro atoms. The SMILES string of the molecule is COC(=O)C(C)(C)CSCC(NC=O)C(=O)O. The number of hydrogen-bond donors (Lipinski definition) is 2. The van der Waals surface area contributed by atoms with Gasteiger partial charge in [0.2, 0.25) is 6.41 Å². The first-order chi connectivity index (χ1) is 7.85. The van der Waals surface area contributed by atoms with Crippen molar-refractivity contribution in [1.29, 1.82) is 0 Å². The van der Waals surface area contributed by atoms with Crippen molar-refractivity contribution in [2.45, 2.75) is 19.9 Å². The van der Waals surface area contributed by atoms with Gasteiger partial charge in [-0.3, -0.25) is 9.59 Å². The predicted molar refractivity (Wildman–Crippen MR) is 63.7 cm³/mol. The Labute approximate surface area is 104 Å². The lowest BCUT2D eigenvalue weighted by atomic mass is 9.97. The molecule has 0 aliphatic rings. The van der Waals surface area contributed by atoms with Crippen LogP contribution in [0.25, 0.3) is 0 Å². The number of nitrogens with one attached hydrogen (secondary N) is 1. The molecule has 98 valence electrons. The number of esters is 1. The minimum atomic E-state index is -1.10. The van der Waals surface area contributed by atoms with Crippen molar-refractivity contribution in [1.82, 2.24) is 5.32 Å². The van der Waals surface area contributed by atoms with Crippen LogP contribution in [0.5, 0.6) is 0 Å². The largest absolute Gasteiger partial charge is 0.480 e. The Morgan fingerprint density at radius 3 is 2.53 bits per heavy atom. The molecular weight excluding hydrogens is 246 g/mol. The lowest BCUT2D eigenvalue weighted by Crippen LogP contribution is -2.38. The zero-order chi connectivity index (χ0) is 13.5. The maximum Gasteiger partial charge on any atom is 0.327 e. The Kier molecular flexibility index (Phi) is 6.64. The number of carbonyl (C=O) groups is 3. The lowest BCUT2D eigenvalue weighted by Gasteiger charge is -2.21. The van der Waals surface area contributed by atoms with Crippen LogP contribution in [0.15, 0.2) is 0 Å². The molecule has 0 rings (SSSR count). The molecular formula is C10H17NO5S. The van der Waals surface area contributed by atoms with Crippen LogP contribution in [0.4, 0.5) is 0 Å². The normalized spacial score (nSPS) is 12.6. The summed E-state index contributed by atoms with van der Waals surface area (Å²) in [7, 11) is 1.31. The van der Waals surface area contributed by atoms with Crippen LogP contribution in [-0.2, 0) is 19.1 Å². The molecule has 0 aromatic heterocycles. The highest BCUT2D eigenvalue weighted by Gasteiger charge is 2.29. The minimum Gasteiger partial charge on any atom is -0.480 e. The fraction of sp³-hybridized carbons (Fsp3) is 0.700. The molecule has 0 saturated carbocycles. The summed E-state index contributed by atoms with van der Waals surface area (Å²) in [4.78, 5) is 32.2. The van der Waals surface area contributed by atoms with Crippen molar-refractivity contribution in [2.24, 2.45) is 5.41 Å². The Hall–Kier alpha value is -1.24. The van der Waals surface area contributed by atoms with Gasteiger partial charge in [0, 0.05) is 11.5 Å². The van der Waals surface area contributed by atoms with Gasteiger partial charge >= 0.3 is 11.9 Å². The van der Waals surface area contributed by atoms with Gasteiger partial charge in [0.05, 0.1) is 12.5 Å². The molecule has 0 aromatic carbocycles. The van der Waals surface area contributed by atoms with E-state index in [0.717, 1.165) is 0 Å². The van der Waals surface area contributed by atoms with Gasteiger partial charge in [0.25, 0.3) is 0 Å². The summed E-state index contributed by atoms with van der Waals surface area (Å²) in [5.41, 5.74) is -0.677. The summed E-state index contributed by atoms with van der Waals surface area (Å²) in [6.45, 7) is 3.43. The third kappa shape index (κ3) is 5.58. The topological polar surface area (TPSA) is 92.7 Å². The standard InChI is InChI=1S/C10H17NO5S/c1-10(2,9(15)16-3)5-17-4-7(8(13)14)11-6-12/h6-7H,4-5H2,1-3H3,(H,11,12)(H,13,14). The van der Waals surface area contributed by atoms with Crippen molar-refractivity contribution >= 4 is 30.1 Å². The molecule has 17 heavy (non-hydrogen) atoms. The van der Waals surface area contributed by atoms with Gasteiger partial charge < -0.3 is 15.2 Å². The number of amides is 1. The zero-order valence-corrected chi connectivity index (χ0v) is 10.9. The molecule has 1 unspecified atom stereocenters. The summed E-state index contributed by atoms with van der Waals surface area (Å²) in [5, 5.41) is 11.0. The highest BCUT2D eigenvalue weighted by atomic mass is 32.2. The van der Waals surface area contributed by atoms with Crippen LogP contribution in [0.1, 0.15) is 13.8 Å². The van der Waals surface area contributed by atoms with Crippen molar-refractivity contribution in [3.05, 3.63) is 0 Å². The molecule has 0 aliphatic heterocycles. The minimum absolute atomic E-state index is 0.203. The van der Waals surface area contributed by atoms with Crippen LogP contribution in [-0.4, -0.2) is 48.1 Å². The molecule has 0 aliphatic carbocycles. The summed E-state index contributed by atoms with van der Waals surface area (Å²) in [6.07, 6.45) is 0.352. The fourth-order valence-electron chi connectivity index (χ4n) is 1.04. The number of carbonyl (C=O) groups excluding carboxylic acids is 2. The molecule has 0 bridgehead atoms. The molecule has 0 aromatic rings. The summed E-state index contributed by atoms with van der Waals surface area (Å²) >= 11 is 1.28. The first-order valence-corrected chi connectivity index (χ1v) is 6.09. The molecule has 6 nitrogen and oxygen atoms in total. The van der Waals surface area contributed by atoms with Gasteiger partial charge in [-0.25, -0.2) is 4.79 Å². The van der Waals surface area contributed by atoms with E-state index in [1.165, 1.54) is 18.9 Å². The second-order valence-electron chi connectivity index (χ2n) is 4.07. The Bertz CT molecular complexity index is 292. The van der Waals surface area contributed by atoms with Crippen molar-refractivity contribution in [3.63, 3.8) is 0 Å². The quantitative estimate of drug-likeness (QED) is 0.477. The Morgan fingerprint density at radius 2 is 2.12 bits per heavy atom. The third-order valence-corrected chi connectivity index (χ3v) is 3.55. The van der Waals surface area contributed by atoms with Crippen LogP contribution >= 0.6 is 11.8 Å². The number of carboxylic acid groups (broad SMARTS) is 1. The van der Waals surface area contributed by atoms with Gasteiger partial charge in [-0.2, -0.15) is 11.8 Å². The van der Waals surface area contributed by atoms with E-state index in [4.69, 9.17) is 5.11 Å². The molecule has 7 heteroatoms. The second kappa shape index (κ2) is 7.16. The number of carboxylic acids is 1. The van der Waals surface area contributed by atoms with Gasteiger partial charge in [-0.05, 0) is 13.8 Å². The van der Waals surface area contributed by atoms with Crippen LogP contribution < -0.4 is 5.32 Å². The van der Waals surface area contributed by atoms with Crippen molar-refractivity contribution in [3.8, 4) is 0 Å². The van der Waals surface area contributed by atoms with Gasteiger partial charge in [0.1, 0.15) is 6.04 Å². The summed E-state index contributed by atoms with van der Waals surface area (Å²) in [6, 6.07) is -0.939. The lowest BCUT2D eigenvalue weighted by molar-refractivity contribution is -0.149. The van der Waals surface area contributed by atoms with E-state index in [1.807, 2.05) is 0 Å². The van der Waals surface area contributed by atoms with Gasteiger partial charge in [-0.1, -0.05) is 0 Å². The molecule has 1 atom stereocenters. The van der Waals surface area contributed by atoms with E-state index in [-0.39, 0.29) is 11.7 Å². The van der Waals surface area contributed by atoms with Crippen molar-refractivity contribution < 1.29 is 24.2 Å². The molecule has 0 saturated heterocycles.